The van der Waals surface area contributed by atoms with E-state index in [2.05, 4.69) is 5.32 Å². The van der Waals surface area contributed by atoms with Crippen molar-refractivity contribution in [2.75, 3.05) is 12.4 Å². The molecule has 0 unspecified atom stereocenters. The molecule has 166 valence electrons. The number of hydrogen-bond donors (Lipinski definition) is 1. The molecule has 32 heavy (non-hydrogen) atoms. The van der Waals surface area contributed by atoms with Gasteiger partial charge in [0.15, 0.2) is 5.17 Å². The van der Waals surface area contributed by atoms with Crippen molar-refractivity contribution < 1.29 is 19.2 Å². The van der Waals surface area contributed by atoms with E-state index in [0.29, 0.717) is 10.9 Å². The fourth-order valence-electron chi connectivity index (χ4n) is 3.43. The summed E-state index contributed by atoms with van der Waals surface area (Å²) in [5.41, 5.74) is 1.82. The Balaban J connectivity index is 1.52. The monoisotopic (exact) mass is 454 g/mol. The maximum absolute atomic E-state index is 13.1. The van der Waals surface area contributed by atoms with E-state index in [-0.39, 0.29) is 29.7 Å². The number of para-hydroxylation sites is 1. The summed E-state index contributed by atoms with van der Waals surface area (Å²) < 4.78 is 5.19. The number of aryl methyl sites for hydroxylation is 1. The van der Waals surface area contributed by atoms with Gasteiger partial charge in [0.1, 0.15) is 11.0 Å². The number of benzene rings is 2. The minimum atomic E-state index is -0.608. The van der Waals surface area contributed by atoms with E-state index in [0.717, 1.165) is 24.1 Å². The number of rotatable bonds is 7. The second kappa shape index (κ2) is 8.99. The van der Waals surface area contributed by atoms with Crippen LogP contribution in [0.4, 0.5) is 17.1 Å². The average Bonchev–Trinajstić information content (AvgIpc) is 3.55. The van der Waals surface area contributed by atoms with Gasteiger partial charge in [0.05, 0.1) is 23.4 Å². The zero-order valence-electron chi connectivity index (χ0n) is 17.6. The predicted molar refractivity (Wildman–Crippen MR) is 122 cm³/mol. The lowest BCUT2D eigenvalue weighted by molar-refractivity contribution is -0.384. The average molecular weight is 455 g/mol. The molecule has 2 aromatic rings. The first-order valence-corrected chi connectivity index (χ1v) is 11.0. The van der Waals surface area contributed by atoms with Crippen LogP contribution in [0.15, 0.2) is 47.5 Å². The molecular weight excluding hydrogens is 432 g/mol. The molecule has 2 aromatic carbocycles. The number of nitro groups is 1. The van der Waals surface area contributed by atoms with E-state index in [4.69, 9.17) is 9.73 Å². The Morgan fingerprint density at radius 2 is 2.06 bits per heavy atom. The van der Waals surface area contributed by atoms with Crippen molar-refractivity contribution in [2.45, 2.75) is 37.5 Å². The summed E-state index contributed by atoms with van der Waals surface area (Å²) in [5, 5.41) is 13.7. The van der Waals surface area contributed by atoms with Crippen molar-refractivity contribution in [3.8, 4) is 5.75 Å². The molecule has 10 heteroatoms. The Morgan fingerprint density at radius 3 is 2.72 bits per heavy atom. The number of anilines is 1. The van der Waals surface area contributed by atoms with Gasteiger partial charge in [-0.2, -0.15) is 0 Å². The summed E-state index contributed by atoms with van der Waals surface area (Å²) in [5.74, 6) is -0.260. The molecule has 1 N–H and O–H groups in total. The van der Waals surface area contributed by atoms with Gasteiger partial charge < -0.3 is 10.1 Å². The third kappa shape index (κ3) is 4.59. The molecule has 1 saturated carbocycles. The molecule has 1 aliphatic heterocycles. The molecule has 1 atom stereocenters. The number of carbonyl (C=O) groups excluding carboxylic acids is 2. The van der Waals surface area contributed by atoms with Crippen LogP contribution in [-0.4, -0.2) is 45.2 Å². The highest BCUT2D eigenvalue weighted by Crippen LogP contribution is 2.40. The second-order valence-electron chi connectivity index (χ2n) is 7.62. The third-order valence-corrected chi connectivity index (χ3v) is 6.40. The predicted octanol–water partition coefficient (Wildman–Crippen LogP) is 4.03. The molecule has 0 bridgehead atoms. The molecule has 0 aromatic heterocycles. The van der Waals surface area contributed by atoms with Crippen molar-refractivity contribution in [1.82, 2.24) is 4.90 Å². The Hall–Kier alpha value is -3.40. The van der Waals surface area contributed by atoms with Gasteiger partial charge in [-0.25, -0.2) is 4.99 Å². The molecule has 9 nitrogen and oxygen atoms in total. The van der Waals surface area contributed by atoms with E-state index in [1.165, 1.54) is 37.1 Å². The maximum Gasteiger partial charge on any atom is 0.271 e. The lowest BCUT2D eigenvalue weighted by Crippen LogP contribution is -2.35. The molecular formula is C22H22N4O5S. The van der Waals surface area contributed by atoms with Gasteiger partial charge in [-0.05, 0) is 37.5 Å². The SMILES string of the molecule is COc1ccc([N+](=O)[O-])cc1NC(=O)C[C@@H]1SC(=Nc2ccccc2C)N(C2CC2)C1=O. The molecule has 1 saturated heterocycles. The minimum Gasteiger partial charge on any atom is -0.495 e. The Morgan fingerprint density at radius 1 is 1.31 bits per heavy atom. The summed E-state index contributed by atoms with van der Waals surface area (Å²) in [6, 6.07) is 11.8. The summed E-state index contributed by atoms with van der Waals surface area (Å²) in [6.07, 6.45) is 1.76. The van der Waals surface area contributed by atoms with Crippen molar-refractivity contribution in [3.05, 3.63) is 58.1 Å². The van der Waals surface area contributed by atoms with Crippen LogP contribution in [-0.2, 0) is 9.59 Å². The van der Waals surface area contributed by atoms with Crippen molar-refractivity contribution in [3.63, 3.8) is 0 Å². The number of aliphatic imine (C=N–C) groups is 1. The van der Waals surface area contributed by atoms with Crippen LogP contribution in [0.1, 0.15) is 24.8 Å². The van der Waals surface area contributed by atoms with E-state index in [1.54, 1.807) is 4.90 Å². The summed E-state index contributed by atoms with van der Waals surface area (Å²) in [6.45, 7) is 1.96. The zero-order chi connectivity index (χ0) is 22.8. The number of thioether (sulfide) groups is 1. The fourth-order valence-corrected chi connectivity index (χ4v) is 4.64. The number of methoxy groups -OCH3 is 1. The van der Waals surface area contributed by atoms with Gasteiger partial charge in [-0.1, -0.05) is 30.0 Å². The van der Waals surface area contributed by atoms with Crippen LogP contribution in [0.3, 0.4) is 0 Å². The van der Waals surface area contributed by atoms with Gasteiger partial charge in [0, 0.05) is 24.6 Å². The number of hydrogen-bond acceptors (Lipinski definition) is 7. The topological polar surface area (TPSA) is 114 Å². The quantitative estimate of drug-likeness (QED) is 0.499. The molecule has 4 rings (SSSR count). The van der Waals surface area contributed by atoms with E-state index >= 15 is 0 Å². The van der Waals surface area contributed by atoms with Gasteiger partial charge in [-0.15, -0.1) is 0 Å². The van der Waals surface area contributed by atoms with E-state index < -0.39 is 16.1 Å². The minimum absolute atomic E-state index is 0.0780. The first-order valence-electron chi connectivity index (χ1n) is 10.1. The molecule has 1 heterocycles. The molecule has 1 aliphatic carbocycles. The summed E-state index contributed by atoms with van der Waals surface area (Å²) in [7, 11) is 1.41. The van der Waals surface area contributed by atoms with Crippen LogP contribution >= 0.6 is 11.8 Å². The van der Waals surface area contributed by atoms with Gasteiger partial charge in [0.25, 0.3) is 5.69 Å². The highest BCUT2D eigenvalue weighted by Gasteiger charge is 2.46. The molecule has 2 fully saturated rings. The van der Waals surface area contributed by atoms with E-state index in [9.17, 15) is 19.7 Å². The molecule has 2 aliphatic rings. The first kappa shape index (κ1) is 21.8. The summed E-state index contributed by atoms with van der Waals surface area (Å²) in [4.78, 5) is 42.7. The number of nitrogens with zero attached hydrogens (tertiary/aromatic N) is 3. The largest absolute Gasteiger partial charge is 0.495 e. The second-order valence-corrected chi connectivity index (χ2v) is 8.79. The smallest absolute Gasteiger partial charge is 0.271 e. The molecule has 0 radical (unpaired) electrons. The van der Waals surface area contributed by atoms with Crippen LogP contribution < -0.4 is 10.1 Å². The third-order valence-electron chi connectivity index (χ3n) is 5.25. The van der Waals surface area contributed by atoms with Gasteiger partial charge in [-0.3, -0.25) is 24.6 Å². The van der Waals surface area contributed by atoms with Crippen LogP contribution in [0.25, 0.3) is 0 Å². The van der Waals surface area contributed by atoms with Crippen LogP contribution in [0.5, 0.6) is 5.75 Å². The maximum atomic E-state index is 13.1. The number of amides is 2. The lowest BCUT2D eigenvalue weighted by atomic mass is 10.2. The van der Waals surface area contributed by atoms with Gasteiger partial charge in [0.2, 0.25) is 11.8 Å². The number of amidine groups is 1. The number of carbonyl (C=O) groups is 2. The number of nitrogens with one attached hydrogen (secondary N) is 1. The molecule has 0 spiro atoms. The Labute approximate surface area is 189 Å². The number of non-ortho nitro benzene ring substituents is 1. The van der Waals surface area contributed by atoms with E-state index in [1.807, 2.05) is 31.2 Å². The highest BCUT2D eigenvalue weighted by atomic mass is 32.2. The standard InChI is InChI=1S/C22H22N4O5S/c1-13-5-3-4-6-16(13)24-22-25(14-7-8-14)21(28)19(32-22)12-20(27)23-17-11-15(26(29)30)9-10-18(17)31-2/h3-6,9-11,14,19H,7-8,12H2,1-2H3,(H,23,27)/t19-/m0/s1. The fraction of sp³-hybridized carbons (Fsp3) is 0.318. The first-order chi connectivity index (χ1) is 15.4. The zero-order valence-corrected chi connectivity index (χ0v) is 18.4. The highest BCUT2D eigenvalue weighted by molar-refractivity contribution is 8.15. The van der Waals surface area contributed by atoms with Crippen LogP contribution in [0.2, 0.25) is 0 Å². The number of nitro benzene ring substituents is 1. The lowest BCUT2D eigenvalue weighted by Gasteiger charge is -2.15. The van der Waals surface area contributed by atoms with Gasteiger partial charge >= 0.3 is 0 Å². The number of ether oxygens (including phenoxy) is 1. The summed E-state index contributed by atoms with van der Waals surface area (Å²) >= 11 is 1.28. The Kier molecular flexibility index (Phi) is 6.13. The molecule has 2 amide bonds. The van der Waals surface area contributed by atoms with Crippen molar-refractivity contribution >= 4 is 45.8 Å². The van der Waals surface area contributed by atoms with Crippen LogP contribution in [0, 0.1) is 17.0 Å². The van der Waals surface area contributed by atoms with Crippen molar-refractivity contribution in [2.24, 2.45) is 4.99 Å². The van der Waals surface area contributed by atoms with Crippen molar-refractivity contribution in [1.29, 1.82) is 0 Å². The Bertz CT molecular complexity index is 1120. The normalized spacial score (nSPS) is 19.3.